The largest absolute Gasteiger partial charge is 0.336 e. The molecule has 1 aliphatic heterocycles. The number of halogens is 2. The number of piperidine rings is 1. The molecule has 0 aromatic heterocycles. The molecule has 2 nitrogen and oxygen atoms in total. The summed E-state index contributed by atoms with van der Waals surface area (Å²) in [6.07, 6.45) is 3.84. The summed E-state index contributed by atoms with van der Waals surface area (Å²) < 4.78 is 13.8. The number of nitrogens with zero attached hydrogens (tertiary/aromatic N) is 1. The summed E-state index contributed by atoms with van der Waals surface area (Å²) in [6.45, 7) is 2.57. The van der Waals surface area contributed by atoms with E-state index in [1.807, 2.05) is 6.92 Å². The van der Waals surface area contributed by atoms with E-state index < -0.39 is 5.82 Å². The predicted molar refractivity (Wildman–Crippen MR) is 75.1 cm³/mol. The van der Waals surface area contributed by atoms with E-state index in [0.717, 1.165) is 31.2 Å². The summed E-state index contributed by atoms with van der Waals surface area (Å²) in [5.41, 5.74) is 1.08. The molecular weight excluding hydrogens is 265 g/mol. The minimum absolute atomic E-state index is 0.152. The number of amides is 1. The Morgan fingerprint density at radius 1 is 1.47 bits per heavy atom. The number of benzene rings is 1. The smallest absolute Gasteiger partial charge is 0.257 e. The van der Waals surface area contributed by atoms with E-state index in [0.29, 0.717) is 12.4 Å². The van der Waals surface area contributed by atoms with Gasteiger partial charge in [-0.2, -0.15) is 0 Å². The van der Waals surface area contributed by atoms with Crippen molar-refractivity contribution in [3.63, 3.8) is 0 Å². The Hall–Kier alpha value is -1.09. The van der Waals surface area contributed by atoms with Gasteiger partial charge in [0, 0.05) is 18.5 Å². The Balaban J connectivity index is 2.23. The number of hydrogen-bond acceptors (Lipinski definition) is 1. The van der Waals surface area contributed by atoms with E-state index in [2.05, 4.69) is 0 Å². The molecule has 1 aromatic rings. The van der Waals surface area contributed by atoms with Gasteiger partial charge < -0.3 is 4.90 Å². The van der Waals surface area contributed by atoms with Gasteiger partial charge in [-0.05, 0) is 44.7 Å². The average molecular weight is 284 g/mol. The van der Waals surface area contributed by atoms with Crippen molar-refractivity contribution >= 4 is 17.5 Å². The second-order valence-electron chi connectivity index (χ2n) is 5.11. The molecule has 0 saturated carbocycles. The molecule has 0 spiro atoms. The Morgan fingerprint density at radius 2 is 2.26 bits per heavy atom. The third-order valence-electron chi connectivity index (χ3n) is 3.68. The first-order valence-corrected chi connectivity index (χ1v) is 7.30. The summed E-state index contributed by atoms with van der Waals surface area (Å²) in [4.78, 5) is 14.3. The standard InChI is InChI=1S/C15H19ClFNO/c1-11-5-6-14(17)13(10-11)15(19)18-9-3-2-4-12(18)7-8-16/h5-6,10,12H,2-4,7-9H2,1H3. The zero-order chi connectivity index (χ0) is 13.8. The summed E-state index contributed by atoms with van der Waals surface area (Å²) in [5, 5.41) is 0. The number of aryl methyl sites for hydroxylation is 1. The lowest BCUT2D eigenvalue weighted by atomic mass is 9.98. The molecule has 0 bridgehead atoms. The van der Waals surface area contributed by atoms with Gasteiger partial charge in [0.15, 0.2) is 0 Å². The van der Waals surface area contributed by atoms with E-state index in [-0.39, 0.29) is 17.5 Å². The summed E-state index contributed by atoms with van der Waals surface area (Å²) in [5.74, 6) is -0.105. The van der Waals surface area contributed by atoms with Crippen LogP contribution in [0.5, 0.6) is 0 Å². The van der Waals surface area contributed by atoms with Gasteiger partial charge in [0.25, 0.3) is 5.91 Å². The molecule has 1 saturated heterocycles. The highest BCUT2D eigenvalue weighted by molar-refractivity contribution is 6.17. The van der Waals surface area contributed by atoms with Crippen LogP contribution >= 0.6 is 11.6 Å². The van der Waals surface area contributed by atoms with Crippen LogP contribution in [0.1, 0.15) is 41.6 Å². The second-order valence-corrected chi connectivity index (χ2v) is 5.49. The first-order valence-electron chi connectivity index (χ1n) is 6.76. The summed E-state index contributed by atoms with van der Waals surface area (Å²) in [6, 6.07) is 4.82. The predicted octanol–water partition coefficient (Wildman–Crippen LogP) is 3.76. The fraction of sp³-hybridized carbons (Fsp3) is 0.533. The van der Waals surface area contributed by atoms with E-state index in [1.54, 1.807) is 17.0 Å². The number of hydrogen-bond donors (Lipinski definition) is 0. The summed E-state index contributed by atoms with van der Waals surface area (Å²) in [7, 11) is 0. The van der Waals surface area contributed by atoms with Gasteiger partial charge in [-0.1, -0.05) is 11.6 Å². The Morgan fingerprint density at radius 3 is 3.00 bits per heavy atom. The molecule has 1 fully saturated rings. The molecule has 1 unspecified atom stereocenters. The van der Waals surface area contributed by atoms with Crippen molar-refractivity contribution in [3.05, 3.63) is 35.1 Å². The van der Waals surface area contributed by atoms with Crippen molar-refractivity contribution in [3.8, 4) is 0 Å². The zero-order valence-electron chi connectivity index (χ0n) is 11.2. The Bertz CT molecular complexity index is 461. The van der Waals surface area contributed by atoms with E-state index >= 15 is 0 Å². The maximum atomic E-state index is 13.8. The quantitative estimate of drug-likeness (QED) is 0.774. The molecule has 0 N–H and O–H groups in total. The summed E-state index contributed by atoms with van der Waals surface area (Å²) >= 11 is 5.80. The van der Waals surface area contributed by atoms with Crippen molar-refractivity contribution in [1.29, 1.82) is 0 Å². The van der Waals surface area contributed by atoms with Crippen LogP contribution in [0.25, 0.3) is 0 Å². The average Bonchev–Trinajstić information content (AvgIpc) is 2.42. The molecule has 0 radical (unpaired) electrons. The lowest BCUT2D eigenvalue weighted by Gasteiger charge is -2.35. The Labute approximate surface area is 118 Å². The molecule has 1 atom stereocenters. The van der Waals surface area contributed by atoms with Gasteiger partial charge in [-0.25, -0.2) is 4.39 Å². The van der Waals surface area contributed by atoms with Crippen LogP contribution in [-0.4, -0.2) is 29.3 Å². The normalized spacial score (nSPS) is 19.5. The van der Waals surface area contributed by atoms with Gasteiger partial charge in [-0.15, -0.1) is 11.6 Å². The van der Waals surface area contributed by atoms with Crippen molar-refractivity contribution in [2.45, 2.75) is 38.6 Å². The first kappa shape index (κ1) is 14.3. The van der Waals surface area contributed by atoms with Crippen LogP contribution in [0.2, 0.25) is 0 Å². The molecule has 4 heteroatoms. The van der Waals surface area contributed by atoms with E-state index in [9.17, 15) is 9.18 Å². The first-order chi connectivity index (χ1) is 9.13. The van der Waals surface area contributed by atoms with Crippen LogP contribution in [0.15, 0.2) is 18.2 Å². The Kier molecular flexibility index (Phi) is 4.81. The van der Waals surface area contributed by atoms with Gasteiger partial charge in [0.05, 0.1) is 5.56 Å². The van der Waals surface area contributed by atoms with Crippen LogP contribution in [0.3, 0.4) is 0 Å². The lowest BCUT2D eigenvalue weighted by Crippen LogP contribution is -2.44. The second kappa shape index (κ2) is 6.38. The molecule has 0 aliphatic carbocycles. The molecule has 1 aromatic carbocycles. The van der Waals surface area contributed by atoms with Gasteiger partial charge in [-0.3, -0.25) is 4.79 Å². The zero-order valence-corrected chi connectivity index (χ0v) is 11.9. The van der Waals surface area contributed by atoms with Crippen molar-refractivity contribution < 1.29 is 9.18 Å². The van der Waals surface area contributed by atoms with Crippen molar-refractivity contribution in [1.82, 2.24) is 4.90 Å². The molecule has 1 aliphatic rings. The number of carbonyl (C=O) groups excluding carboxylic acids is 1. The van der Waals surface area contributed by atoms with Crippen molar-refractivity contribution in [2.75, 3.05) is 12.4 Å². The monoisotopic (exact) mass is 283 g/mol. The van der Waals surface area contributed by atoms with Crippen LogP contribution in [-0.2, 0) is 0 Å². The van der Waals surface area contributed by atoms with E-state index in [4.69, 9.17) is 11.6 Å². The maximum Gasteiger partial charge on any atom is 0.257 e. The molecule has 2 rings (SSSR count). The minimum Gasteiger partial charge on any atom is -0.336 e. The molecule has 1 heterocycles. The SMILES string of the molecule is Cc1ccc(F)c(C(=O)N2CCCCC2CCCl)c1. The highest BCUT2D eigenvalue weighted by atomic mass is 35.5. The number of rotatable bonds is 3. The van der Waals surface area contributed by atoms with Crippen molar-refractivity contribution in [2.24, 2.45) is 0 Å². The highest BCUT2D eigenvalue weighted by Gasteiger charge is 2.28. The van der Waals surface area contributed by atoms with Gasteiger partial charge in [0.1, 0.15) is 5.82 Å². The molecule has 19 heavy (non-hydrogen) atoms. The molecular formula is C15H19ClFNO. The van der Waals surface area contributed by atoms with Crippen LogP contribution in [0.4, 0.5) is 4.39 Å². The molecule has 104 valence electrons. The number of likely N-dealkylation sites (tertiary alicyclic amines) is 1. The van der Waals surface area contributed by atoms with Crippen LogP contribution in [0, 0.1) is 12.7 Å². The van der Waals surface area contributed by atoms with Crippen LogP contribution < -0.4 is 0 Å². The van der Waals surface area contributed by atoms with E-state index in [1.165, 1.54) is 6.07 Å². The third kappa shape index (κ3) is 3.27. The topological polar surface area (TPSA) is 20.3 Å². The third-order valence-corrected chi connectivity index (χ3v) is 3.90. The van der Waals surface area contributed by atoms with Gasteiger partial charge >= 0.3 is 0 Å². The maximum absolute atomic E-state index is 13.8. The number of carbonyl (C=O) groups is 1. The molecule has 1 amide bonds. The lowest BCUT2D eigenvalue weighted by molar-refractivity contribution is 0.0604. The number of alkyl halides is 1. The minimum atomic E-state index is -0.439. The fourth-order valence-electron chi connectivity index (χ4n) is 2.65. The highest BCUT2D eigenvalue weighted by Crippen LogP contribution is 2.23. The fourth-order valence-corrected chi connectivity index (χ4v) is 2.90. The van der Waals surface area contributed by atoms with Gasteiger partial charge in [0.2, 0.25) is 0 Å².